The molecule has 0 spiro atoms. The van der Waals surface area contributed by atoms with Crippen molar-refractivity contribution in [2.24, 2.45) is 28.6 Å². The van der Waals surface area contributed by atoms with Crippen LogP contribution in [0.5, 0.6) is 0 Å². The van der Waals surface area contributed by atoms with Gasteiger partial charge in [0.2, 0.25) is 0 Å². The lowest BCUT2D eigenvalue weighted by molar-refractivity contribution is -0.130. The van der Waals surface area contributed by atoms with E-state index >= 15 is 0 Å². The molecule has 0 aromatic rings. The van der Waals surface area contributed by atoms with Crippen molar-refractivity contribution in [3.05, 3.63) is 23.3 Å². The minimum absolute atomic E-state index is 0.0360. The first kappa shape index (κ1) is 16.3. The van der Waals surface area contributed by atoms with E-state index in [1.165, 1.54) is 11.1 Å². The molecule has 0 saturated heterocycles. The Morgan fingerprint density at radius 2 is 2.04 bits per heavy atom. The van der Waals surface area contributed by atoms with Gasteiger partial charge in [0.25, 0.3) is 0 Å². The summed E-state index contributed by atoms with van der Waals surface area (Å²) in [4.78, 5) is 24.0. The van der Waals surface area contributed by atoms with E-state index in [1.807, 2.05) is 6.08 Å². The first-order chi connectivity index (χ1) is 11.3. The fourth-order valence-electron chi connectivity index (χ4n) is 6.47. The Morgan fingerprint density at radius 1 is 1.29 bits per heavy atom. The second-order valence-corrected chi connectivity index (χ2v) is 8.90. The summed E-state index contributed by atoms with van der Waals surface area (Å²) in [7, 11) is 0. The Bertz CT molecular complexity index is 673. The Balaban J connectivity index is 1.74. The maximum atomic E-state index is 12.1. The molecule has 0 aliphatic heterocycles. The third-order valence-electron chi connectivity index (χ3n) is 7.97. The van der Waals surface area contributed by atoms with E-state index in [9.17, 15) is 14.7 Å². The molecule has 3 nitrogen and oxygen atoms in total. The Hall–Kier alpha value is -1.22. The number of hydrogen-bond donors (Lipinski definition) is 1. The summed E-state index contributed by atoms with van der Waals surface area (Å²) in [5.41, 5.74) is 2.30. The largest absolute Gasteiger partial charge is 0.392 e. The lowest BCUT2D eigenvalue weighted by Gasteiger charge is -2.57. The average molecular weight is 328 g/mol. The van der Waals surface area contributed by atoms with E-state index in [-0.39, 0.29) is 28.3 Å². The summed E-state index contributed by atoms with van der Waals surface area (Å²) >= 11 is 0. The van der Waals surface area contributed by atoms with Gasteiger partial charge in [0.1, 0.15) is 5.78 Å². The van der Waals surface area contributed by atoms with Gasteiger partial charge in [-0.2, -0.15) is 0 Å². The highest BCUT2D eigenvalue weighted by molar-refractivity contribution is 5.91. The van der Waals surface area contributed by atoms with Crippen LogP contribution < -0.4 is 0 Å². The third-order valence-corrected chi connectivity index (χ3v) is 7.97. The predicted octanol–water partition coefficient (Wildman–Crippen LogP) is 3.61. The molecule has 4 rings (SSSR count). The normalized spacial score (nSPS) is 47.2. The fraction of sp³-hybridized carbons (Fsp3) is 0.714. The molecule has 0 aromatic carbocycles. The average Bonchev–Trinajstić information content (AvgIpc) is 2.88. The number of rotatable bonds is 1. The molecule has 4 aliphatic carbocycles. The van der Waals surface area contributed by atoms with Crippen LogP contribution in [0.3, 0.4) is 0 Å². The Morgan fingerprint density at radius 3 is 2.75 bits per heavy atom. The molecule has 24 heavy (non-hydrogen) atoms. The summed E-state index contributed by atoms with van der Waals surface area (Å²) in [6, 6.07) is 0. The highest BCUT2D eigenvalue weighted by Gasteiger charge is 2.60. The molecule has 0 heterocycles. The summed E-state index contributed by atoms with van der Waals surface area (Å²) in [6.07, 6.45) is 8.80. The number of hydrogen-bond acceptors (Lipinski definition) is 3. The molecule has 1 N–H and O–H groups in total. The highest BCUT2D eigenvalue weighted by Crippen LogP contribution is 2.64. The molecule has 3 heteroatoms. The van der Waals surface area contributed by atoms with Crippen LogP contribution in [-0.2, 0) is 9.59 Å². The summed E-state index contributed by atoms with van der Waals surface area (Å²) in [6.45, 7) is 6.08. The molecule has 4 aliphatic rings. The lowest BCUT2D eigenvalue weighted by Crippen LogP contribution is -2.54. The van der Waals surface area contributed by atoms with E-state index < -0.39 is 6.10 Å². The highest BCUT2D eigenvalue weighted by atomic mass is 16.3. The zero-order valence-electron chi connectivity index (χ0n) is 15.0. The quantitative estimate of drug-likeness (QED) is 0.748. The smallest absolute Gasteiger partial charge is 0.155 e. The van der Waals surface area contributed by atoms with Crippen LogP contribution in [0.4, 0.5) is 0 Å². The van der Waals surface area contributed by atoms with Gasteiger partial charge >= 0.3 is 0 Å². The number of carbonyl (C=O) groups is 2. The topological polar surface area (TPSA) is 54.4 Å². The van der Waals surface area contributed by atoms with Crippen molar-refractivity contribution in [2.45, 2.75) is 65.4 Å². The first-order valence-electron chi connectivity index (χ1n) is 9.41. The van der Waals surface area contributed by atoms with Crippen molar-refractivity contribution in [2.75, 3.05) is 0 Å². The lowest BCUT2D eigenvalue weighted by atomic mass is 9.47. The summed E-state index contributed by atoms with van der Waals surface area (Å²) < 4.78 is 0. The van der Waals surface area contributed by atoms with Gasteiger partial charge in [0.05, 0.1) is 6.10 Å². The van der Waals surface area contributed by atoms with E-state index in [2.05, 4.69) is 19.9 Å². The molecule has 0 amide bonds. The molecular formula is C21H28O3. The van der Waals surface area contributed by atoms with Crippen molar-refractivity contribution in [1.29, 1.82) is 0 Å². The second kappa shape index (κ2) is 5.14. The first-order valence-corrected chi connectivity index (χ1v) is 9.41. The fourth-order valence-corrected chi connectivity index (χ4v) is 6.47. The van der Waals surface area contributed by atoms with E-state index in [1.54, 1.807) is 6.92 Å². The zero-order chi connectivity index (χ0) is 17.3. The molecular weight excluding hydrogens is 300 g/mol. The van der Waals surface area contributed by atoms with Crippen molar-refractivity contribution in [1.82, 2.24) is 0 Å². The van der Waals surface area contributed by atoms with E-state index in [4.69, 9.17) is 0 Å². The van der Waals surface area contributed by atoms with Gasteiger partial charge in [0.15, 0.2) is 5.78 Å². The minimum atomic E-state index is -0.463. The molecule has 2 saturated carbocycles. The molecule has 2 fully saturated rings. The van der Waals surface area contributed by atoms with E-state index in [0.29, 0.717) is 18.3 Å². The SMILES string of the molecule is CC(=O)C1CC=C2C3CCC4=CC(=O)CC[C@]4(C)C3C[C@@H](O)[C@@]21C. The van der Waals surface area contributed by atoms with Crippen LogP contribution in [0.15, 0.2) is 23.3 Å². The number of allylic oxidation sites excluding steroid dienone is 3. The monoisotopic (exact) mass is 328 g/mol. The van der Waals surface area contributed by atoms with Crippen LogP contribution in [0.1, 0.15) is 59.3 Å². The minimum Gasteiger partial charge on any atom is -0.392 e. The van der Waals surface area contributed by atoms with Crippen LogP contribution in [0, 0.1) is 28.6 Å². The van der Waals surface area contributed by atoms with Gasteiger partial charge < -0.3 is 5.11 Å². The number of ketones is 2. The van der Waals surface area contributed by atoms with Crippen LogP contribution in [0.2, 0.25) is 0 Å². The Labute approximate surface area is 144 Å². The van der Waals surface area contributed by atoms with Crippen molar-refractivity contribution in [3.63, 3.8) is 0 Å². The predicted molar refractivity (Wildman–Crippen MR) is 92.2 cm³/mol. The van der Waals surface area contributed by atoms with Gasteiger partial charge in [-0.3, -0.25) is 9.59 Å². The van der Waals surface area contributed by atoms with Crippen molar-refractivity contribution < 1.29 is 14.7 Å². The van der Waals surface area contributed by atoms with Crippen molar-refractivity contribution in [3.8, 4) is 0 Å². The Kier molecular flexibility index (Phi) is 3.48. The molecule has 6 atom stereocenters. The van der Waals surface area contributed by atoms with Gasteiger partial charge in [0, 0.05) is 17.8 Å². The number of Topliss-reactive ketones (excluding diaryl/α,β-unsaturated/α-hetero) is 1. The maximum Gasteiger partial charge on any atom is 0.155 e. The molecule has 0 bridgehead atoms. The van der Waals surface area contributed by atoms with Crippen LogP contribution in [-0.4, -0.2) is 22.8 Å². The van der Waals surface area contributed by atoms with E-state index in [0.717, 1.165) is 32.1 Å². The molecule has 130 valence electrons. The summed E-state index contributed by atoms with van der Waals surface area (Å²) in [5, 5.41) is 11.1. The van der Waals surface area contributed by atoms with Gasteiger partial charge in [-0.15, -0.1) is 0 Å². The van der Waals surface area contributed by atoms with Crippen LogP contribution >= 0.6 is 0 Å². The number of carbonyl (C=O) groups excluding carboxylic acids is 2. The number of aliphatic hydroxyl groups excluding tert-OH is 1. The molecule has 0 aromatic heterocycles. The number of aliphatic hydroxyl groups is 1. The number of fused-ring (bicyclic) bond motifs is 5. The molecule has 0 radical (unpaired) electrons. The second-order valence-electron chi connectivity index (χ2n) is 8.90. The zero-order valence-corrected chi connectivity index (χ0v) is 15.0. The van der Waals surface area contributed by atoms with Gasteiger partial charge in [-0.1, -0.05) is 31.1 Å². The van der Waals surface area contributed by atoms with Crippen LogP contribution in [0.25, 0.3) is 0 Å². The van der Waals surface area contributed by atoms with Gasteiger partial charge in [-0.05, 0) is 62.4 Å². The van der Waals surface area contributed by atoms with Gasteiger partial charge in [-0.25, -0.2) is 0 Å². The molecule has 3 unspecified atom stereocenters. The van der Waals surface area contributed by atoms with Crippen molar-refractivity contribution >= 4 is 11.6 Å². The maximum absolute atomic E-state index is 12.1. The summed E-state index contributed by atoms with van der Waals surface area (Å²) in [5.74, 6) is 1.25. The third kappa shape index (κ3) is 1.94. The standard InChI is InChI=1S/C21H28O3/c1-12(22)16-6-7-17-15-5-4-13-10-14(23)8-9-20(13,2)18(15)11-19(24)21(16,17)3/h7,10,15-16,18-19,24H,4-6,8-9,11H2,1-3H3/t15?,16?,18?,19-,20+,21-/m1/s1.